The summed E-state index contributed by atoms with van der Waals surface area (Å²) in [4.78, 5) is 9.13. The van der Waals surface area contributed by atoms with E-state index < -0.39 is 0 Å². The van der Waals surface area contributed by atoms with Crippen LogP contribution in [-0.2, 0) is 6.54 Å². The van der Waals surface area contributed by atoms with Crippen molar-refractivity contribution < 1.29 is 9.47 Å². The third-order valence-corrected chi connectivity index (χ3v) is 3.94. The highest BCUT2D eigenvalue weighted by molar-refractivity contribution is 5.76. The molecule has 0 atom stereocenters. The van der Waals surface area contributed by atoms with Crippen LogP contribution in [0.25, 0.3) is 22.6 Å². The quantitative estimate of drug-likeness (QED) is 0.744. The molecule has 1 aromatic heterocycles. The molecule has 3 rings (SSSR count). The summed E-state index contributed by atoms with van der Waals surface area (Å²) in [5, 5.41) is 0. The predicted octanol–water partition coefficient (Wildman–Crippen LogP) is 2.87. The molecule has 0 aliphatic rings. The highest BCUT2D eigenvalue weighted by Crippen LogP contribution is 2.36. The number of nitrogens with two attached hydrogens (primary N) is 2. The first kappa shape index (κ1) is 16.7. The minimum absolute atomic E-state index is 0.228. The molecule has 0 unspecified atom stereocenters. The van der Waals surface area contributed by atoms with E-state index in [9.17, 15) is 0 Å². The predicted molar refractivity (Wildman–Crippen MR) is 98.3 cm³/mol. The summed E-state index contributed by atoms with van der Waals surface area (Å²) in [5.41, 5.74) is 15.1. The number of ether oxygens (including phenoxy) is 2. The molecule has 6 nitrogen and oxygen atoms in total. The van der Waals surface area contributed by atoms with E-state index in [1.165, 1.54) is 0 Å². The van der Waals surface area contributed by atoms with Crippen LogP contribution in [-0.4, -0.2) is 24.2 Å². The molecule has 0 aliphatic carbocycles. The Morgan fingerprint density at radius 2 is 1.72 bits per heavy atom. The fraction of sp³-hybridized carbons (Fsp3) is 0.158. The van der Waals surface area contributed by atoms with Crippen LogP contribution in [0.15, 0.2) is 48.5 Å². The van der Waals surface area contributed by atoms with Gasteiger partial charge in [0.15, 0.2) is 5.82 Å². The van der Waals surface area contributed by atoms with E-state index in [1.54, 1.807) is 20.3 Å². The third-order valence-electron chi connectivity index (χ3n) is 3.94. The second-order valence-electron chi connectivity index (χ2n) is 5.40. The topological polar surface area (TPSA) is 96.3 Å². The van der Waals surface area contributed by atoms with E-state index in [4.69, 9.17) is 25.9 Å². The summed E-state index contributed by atoms with van der Waals surface area (Å²) in [6.07, 6.45) is 0. The molecule has 4 N–H and O–H groups in total. The summed E-state index contributed by atoms with van der Waals surface area (Å²) in [6.45, 7) is 0.228. The van der Waals surface area contributed by atoms with Gasteiger partial charge in [0.05, 0.1) is 19.9 Å². The van der Waals surface area contributed by atoms with Crippen LogP contribution in [0.1, 0.15) is 5.56 Å². The summed E-state index contributed by atoms with van der Waals surface area (Å²) in [6, 6.07) is 15.2. The fourth-order valence-electron chi connectivity index (χ4n) is 2.64. The molecule has 25 heavy (non-hydrogen) atoms. The van der Waals surface area contributed by atoms with Crippen molar-refractivity contribution in [3.05, 3.63) is 54.1 Å². The van der Waals surface area contributed by atoms with Crippen LogP contribution in [0.5, 0.6) is 11.5 Å². The summed E-state index contributed by atoms with van der Waals surface area (Å²) in [5.74, 6) is 2.23. The minimum Gasteiger partial charge on any atom is -0.497 e. The average molecular weight is 336 g/mol. The van der Waals surface area contributed by atoms with Gasteiger partial charge >= 0.3 is 0 Å². The Morgan fingerprint density at radius 1 is 0.960 bits per heavy atom. The molecule has 3 aromatic rings. The molecule has 0 saturated carbocycles. The standard InChI is InChI=1S/C19H20N4O2/c1-24-13-8-9-14(16(10-13)25-2)17-15(11-20)18(21)23-19(22-17)12-6-4-3-5-7-12/h3-10H,11,20H2,1-2H3,(H2,21,22,23). The molecule has 0 radical (unpaired) electrons. The Hall–Kier alpha value is -3.12. The summed E-state index contributed by atoms with van der Waals surface area (Å²) < 4.78 is 10.8. The van der Waals surface area contributed by atoms with Crippen LogP contribution in [0.4, 0.5) is 5.82 Å². The molecule has 0 aliphatic heterocycles. The van der Waals surface area contributed by atoms with Crippen LogP contribution in [0, 0.1) is 0 Å². The zero-order valence-corrected chi connectivity index (χ0v) is 14.2. The minimum atomic E-state index is 0.228. The average Bonchev–Trinajstić information content (AvgIpc) is 2.67. The van der Waals surface area contributed by atoms with E-state index in [-0.39, 0.29) is 6.54 Å². The van der Waals surface area contributed by atoms with E-state index in [1.807, 2.05) is 42.5 Å². The lowest BCUT2D eigenvalue weighted by Gasteiger charge is -2.15. The molecule has 128 valence electrons. The number of nitrogen functional groups attached to an aromatic ring is 1. The van der Waals surface area contributed by atoms with Gasteiger partial charge < -0.3 is 20.9 Å². The van der Waals surface area contributed by atoms with Crippen LogP contribution < -0.4 is 20.9 Å². The first-order valence-electron chi connectivity index (χ1n) is 7.82. The summed E-state index contributed by atoms with van der Waals surface area (Å²) in [7, 11) is 3.21. The van der Waals surface area contributed by atoms with Gasteiger partial charge in [0.2, 0.25) is 0 Å². The molecular weight excluding hydrogens is 316 g/mol. The molecule has 0 spiro atoms. The van der Waals surface area contributed by atoms with Gasteiger partial charge in [0.25, 0.3) is 0 Å². The number of methoxy groups -OCH3 is 2. The number of hydrogen-bond acceptors (Lipinski definition) is 6. The lowest BCUT2D eigenvalue weighted by Crippen LogP contribution is -2.09. The number of nitrogens with zero attached hydrogens (tertiary/aromatic N) is 2. The lowest BCUT2D eigenvalue weighted by atomic mass is 10.0. The van der Waals surface area contributed by atoms with Crippen molar-refractivity contribution in [1.29, 1.82) is 0 Å². The van der Waals surface area contributed by atoms with Crippen molar-refractivity contribution in [2.75, 3.05) is 20.0 Å². The monoisotopic (exact) mass is 336 g/mol. The van der Waals surface area contributed by atoms with Gasteiger partial charge in [-0.1, -0.05) is 30.3 Å². The number of hydrogen-bond donors (Lipinski definition) is 2. The van der Waals surface area contributed by atoms with Gasteiger partial charge in [-0.3, -0.25) is 0 Å². The maximum absolute atomic E-state index is 6.16. The zero-order valence-electron chi connectivity index (χ0n) is 14.2. The normalized spacial score (nSPS) is 10.5. The number of aromatic nitrogens is 2. The molecule has 0 saturated heterocycles. The summed E-state index contributed by atoms with van der Waals surface area (Å²) >= 11 is 0. The zero-order chi connectivity index (χ0) is 17.8. The van der Waals surface area contributed by atoms with Crippen molar-refractivity contribution in [2.24, 2.45) is 5.73 Å². The third kappa shape index (κ3) is 3.25. The number of rotatable bonds is 5. The Labute approximate surface area is 146 Å². The maximum atomic E-state index is 6.16. The Bertz CT molecular complexity index is 882. The van der Waals surface area contributed by atoms with E-state index in [2.05, 4.69) is 4.98 Å². The lowest BCUT2D eigenvalue weighted by molar-refractivity contribution is 0.395. The van der Waals surface area contributed by atoms with Gasteiger partial charge in [-0.2, -0.15) is 0 Å². The maximum Gasteiger partial charge on any atom is 0.162 e. The Morgan fingerprint density at radius 3 is 2.36 bits per heavy atom. The Kier molecular flexibility index (Phi) is 4.81. The Balaban J connectivity index is 2.23. The SMILES string of the molecule is COc1ccc(-c2nc(-c3ccccc3)nc(N)c2CN)c(OC)c1. The molecular formula is C19H20N4O2. The second kappa shape index (κ2) is 7.19. The van der Waals surface area contributed by atoms with Gasteiger partial charge in [-0.25, -0.2) is 9.97 Å². The highest BCUT2D eigenvalue weighted by atomic mass is 16.5. The first-order chi connectivity index (χ1) is 12.2. The highest BCUT2D eigenvalue weighted by Gasteiger charge is 2.18. The van der Waals surface area contributed by atoms with E-state index >= 15 is 0 Å². The molecule has 0 fully saturated rings. The van der Waals surface area contributed by atoms with Crippen molar-refractivity contribution in [2.45, 2.75) is 6.54 Å². The number of anilines is 1. The number of benzene rings is 2. The van der Waals surface area contributed by atoms with Gasteiger partial charge in [-0.15, -0.1) is 0 Å². The van der Waals surface area contributed by atoms with E-state index in [0.717, 1.165) is 11.1 Å². The molecule has 6 heteroatoms. The molecule has 2 aromatic carbocycles. The molecule has 1 heterocycles. The van der Waals surface area contributed by atoms with Gasteiger partial charge in [0.1, 0.15) is 17.3 Å². The second-order valence-corrected chi connectivity index (χ2v) is 5.40. The van der Waals surface area contributed by atoms with E-state index in [0.29, 0.717) is 34.4 Å². The van der Waals surface area contributed by atoms with Crippen molar-refractivity contribution in [3.8, 4) is 34.1 Å². The van der Waals surface area contributed by atoms with Gasteiger partial charge in [0, 0.05) is 29.3 Å². The largest absolute Gasteiger partial charge is 0.497 e. The van der Waals surface area contributed by atoms with Crippen molar-refractivity contribution in [1.82, 2.24) is 9.97 Å². The van der Waals surface area contributed by atoms with Crippen LogP contribution >= 0.6 is 0 Å². The fourth-order valence-corrected chi connectivity index (χ4v) is 2.64. The van der Waals surface area contributed by atoms with Crippen LogP contribution in [0.2, 0.25) is 0 Å². The molecule has 0 bridgehead atoms. The first-order valence-corrected chi connectivity index (χ1v) is 7.82. The van der Waals surface area contributed by atoms with Gasteiger partial charge in [-0.05, 0) is 12.1 Å². The molecule has 0 amide bonds. The van der Waals surface area contributed by atoms with Crippen molar-refractivity contribution >= 4 is 5.82 Å². The smallest absolute Gasteiger partial charge is 0.162 e. The van der Waals surface area contributed by atoms with Crippen LogP contribution in [0.3, 0.4) is 0 Å². The van der Waals surface area contributed by atoms with Crippen molar-refractivity contribution in [3.63, 3.8) is 0 Å².